The van der Waals surface area contributed by atoms with Crippen LogP contribution in [-0.4, -0.2) is 49.1 Å². The van der Waals surface area contributed by atoms with Crippen LogP contribution in [0.2, 0.25) is 5.02 Å². The molecule has 9 heteroatoms. The Morgan fingerprint density at radius 3 is 2.27 bits per heavy atom. The van der Waals surface area contributed by atoms with Crippen molar-refractivity contribution in [2.24, 2.45) is 0 Å². The number of piperazine rings is 1. The van der Waals surface area contributed by atoms with E-state index in [1.165, 1.54) is 15.8 Å². The van der Waals surface area contributed by atoms with Gasteiger partial charge in [0.25, 0.3) is 0 Å². The smallest absolute Gasteiger partial charge is 0.243 e. The molecular weight excluding hydrogens is 463 g/mol. The second-order valence-corrected chi connectivity index (χ2v) is 10.2. The summed E-state index contributed by atoms with van der Waals surface area (Å²) in [7, 11) is -3.75. The molecule has 1 aliphatic heterocycles. The molecule has 2 heterocycles. The minimum Gasteiger partial charge on any atom is -0.352 e. The molecule has 1 aliphatic rings. The average Bonchev–Trinajstić information content (AvgIpc) is 2.85. The van der Waals surface area contributed by atoms with Gasteiger partial charge in [-0.25, -0.2) is 12.8 Å². The van der Waals surface area contributed by atoms with Gasteiger partial charge in [0, 0.05) is 31.7 Å². The first-order chi connectivity index (χ1) is 15.9. The van der Waals surface area contributed by atoms with Gasteiger partial charge in [-0.1, -0.05) is 48.0 Å². The summed E-state index contributed by atoms with van der Waals surface area (Å²) in [6.45, 7) is 1.51. The number of hydrogen-bond acceptors (Lipinski definition) is 5. The van der Waals surface area contributed by atoms with Crippen LogP contribution in [0.5, 0.6) is 0 Å². The van der Waals surface area contributed by atoms with E-state index in [1.807, 2.05) is 35.2 Å². The van der Waals surface area contributed by atoms with Gasteiger partial charge in [0.05, 0.1) is 15.6 Å². The Morgan fingerprint density at radius 2 is 1.58 bits per heavy atom. The molecule has 4 aromatic rings. The van der Waals surface area contributed by atoms with Crippen molar-refractivity contribution in [2.45, 2.75) is 4.90 Å². The second-order valence-electron chi connectivity index (χ2n) is 7.81. The third-order valence-corrected chi connectivity index (χ3v) is 7.97. The lowest BCUT2D eigenvalue weighted by atomic mass is 10.1. The molecule has 33 heavy (non-hydrogen) atoms. The molecule has 5 rings (SSSR count). The van der Waals surface area contributed by atoms with E-state index in [1.54, 1.807) is 0 Å². The van der Waals surface area contributed by atoms with E-state index < -0.39 is 15.8 Å². The zero-order chi connectivity index (χ0) is 23.0. The van der Waals surface area contributed by atoms with Crippen molar-refractivity contribution in [1.29, 1.82) is 0 Å². The summed E-state index contributed by atoms with van der Waals surface area (Å²) in [5.41, 5.74) is 1.76. The largest absolute Gasteiger partial charge is 0.352 e. The van der Waals surface area contributed by atoms with E-state index >= 15 is 0 Å². The van der Waals surface area contributed by atoms with Crippen LogP contribution in [-0.2, 0) is 10.0 Å². The van der Waals surface area contributed by atoms with Crippen LogP contribution < -0.4 is 4.90 Å². The number of benzene rings is 3. The van der Waals surface area contributed by atoms with E-state index in [0.717, 1.165) is 28.8 Å². The molecule has 0 aliphatic carbocycles. The first-order valence-electron chi connectivity index (χ1n) is 10.4. The van der Waals surface area contributed by atoms with Crippen LogP contribution >= 0.6 is 11.6 Å². The van der Waals surface area contributed by atoms with Crippen molar-refractivity contribution >= 4 is 38.2 Å². The van der Waals surface area contributed by atoms with Crippen molar-refractivity contribution in [2.75, 3.05) is 31.1 Å². The topological polar surface area (TPSA) is 66.4 Å². The Labute approximate surface area is 196 Å². The normalized spacial score (nSPS) is 15.2. The maximum absolute atomic E-state index is 13.4. The molecule has 0 atom stereocenters. The number of anilines is 1. The highest BCUT2D eigenvalue weighted by Gasteiger charge is 2.29. The van der Waals surface area contributed by atoms with Gasteiger partial charge in [-0.3, -0.25) is 0 Å². The molecule has 0 amide bonds. The zero-order valence-corrected chi connectivity index (χ0v) is 19.1. The van der Waals surface area contributed by atoms with E-state index in [-0.39, 0.29) is 23.0 Å². The molecule has 1 fully saturated rings. The monoisotopic (exact) mass is 482 g/mol. The van der Waals surface area contributed by atoms with Crippen molar-refractivity contribution in [1.82, 2.24) is 14.5 Å². The van der Waals surface area contributed by atoms with E-state index in [9.17, 15) is 12.8 Å². The van der Waals surface area contributed by atoms with Crippen LogP contribution in [0.1, 0.15) is 0 Å². The van der Waals surface area contributed by atoms with Crippen molar-refractivity contribution in [3.8, 4) is 11.3 Å². The molecule has 0 spiro atoms. The predicted molar refractivity (Wildman–Crippen MR) is 127 cm³/mol. The van der Waals surface area contributed by atoms with Gasteiger partial charge in [0.15, 0.2) is 5.82 Å². The van der Waals surface area contributed by atoms with Gasteiger partial charge in [0.1, 0.15) is 5.82 Å². The SMILES string of the molecule is O=S(=O)(c1ccc(F)c(Cl)c1)N1CCN(c2ccc(-c3ccc4ccccc4c3)nn2)CC1. The molecule has 0 bridgehead atoms. The number of rotatable bonds is 4. The standard InChI is InChI=1S/C24H20ClFN4O2S/c25-21-16-20(7-8-22(21)26)33(31,32)30-13-11-29(12-14-30)24-10-9-23(27-28-24)19-6-5-17-3-1-2-4-18(17)15-19/h1-10,15-16H,11-14H2. The number of nitrogens with zero attached hydrogens (tertiary/aromatic N) is 4. The molecule has 0 N–H and O–H groups in total. The number of hydrogen-bond donors (Lipinski definition) is 0. The first kappa shape index (κ1) is 21.8. The number of fused-ring (bicyclic) bond motifs is 1. The fourth-order valence-corrected chi connectivity index (χ4v) is 5.63. The quantitative estimate of drug-likeness (QED) is 0.425. The van der Waals surface area contributed by atoms with Gasteiger partial charge in [0.2, 0.25) is 10.0 Å². The minimum atomic E-state index is -3.75. The van der Waals surface area contributed by atoms with Crippen LogP contribution in [0.15, 0.2) is 77.7 Å². The van der Waals surface area contributed by atoms with Crippen molar-refractivity contribution in [3.05, 3.63) is 83.6 Å². The number of aromatic nitrogens is 2. The average molecular weight is 483 g/mol. The maximum Gasteiger partial charge on any atom is 0.243 e. The summed E-state index contributed by atoms with van der Waals surface area (Å²) in [5.74, 6) is 0.0487. The van der Waals surface area contributed by atoms with Gasteiger partial charge in [-0.2, -0.15) is 4.31 Å². The van der Waals surface area contributed by atoms with Gasteiger partial charge < -0.3 is 4.90 Å². The summed E-state index contributed by atoms with van der Waals surface area (Å²) >= 11 is 5.77. The number of halogens is 2. The first-order valence-corrected chi connectivity index (χ1v) is 12.3. The van der Waals surface area contributed by atoms with Crippen LogP contribution in [0.4, 0.5) is 10.2 Å². The molecule has 3 aromatic carbocycles. The lowest BCUT2D eigenvalue weighted by molar-refractivity contribution is 0.383. The molecule has 1 saturated heterocycles. The third-order valence-electron chi connectivity index (χ3n) is 5.79. The van der Waals surface area contributed by atoms with Gasteiger partial charge in [-0.05, 0) is 47.2 Å². The molecule has 6 nitrogen and oxygen atoms in total. The lowest BCUT2D eigenvalue weighted by Crippen LogP contribution is -2.49. The van der Waals surface area contributed by atoms with E-state index in [4.69, 9.17) is 11.6 Å². The summed E-state index contributed by atoms with van der Waals surface area (Å²) in [6, 6.07) is 21.6. The van der Waals surface area contributed by atoms with Crippen LogP contribution in [0, 0.1) is 5.82 Å². The molecule has 0 radical (unpaired) electrons. The van der Waals surface area contributed by atoms with Crippen LogP contribution in [0.25, 0.3) is 22.0 Å². The Kier molecular flexibility index (Phi) is 5.74. The highest BCUT2D eigenvalue weighted by Crippen LogP contribution is 2.26. The number of sulfonamides is 1. The minimum absolute atomic E-state index is 0.0121. The Bertz CT molecular complexity index is 1420. The van der Waals surface area contributed by atoms with Gasteiger partial charge in [-0.15, -0.1) is 10.2 Å². The zero-order valence-electron chi connectivity index (χ0n) is 17.5. The van der Waals surface area contributed by atoms with Gasteiger partial charge >= 0.3 is 0 Å². The molecule has 1 aromatic heterocycles. The molecular formula is C24H20ClFN4O2S. The van der Waals surface area contributed by atoms with E-state index in [0.29, 0.717) is 18.9 Å². The molecule has 0 unspecified atom stereocenters. The lowest BCUT2D eigenvalue weighted by Gasteiger charge is -2.34. The third kappa shape index (κ3) is 4.29. The highest BCUT2D eigenvalue weighted by molar-refractivity contribution is 7.89. The summed E-state index contributed by atoms with van der Waals surface area (Å²) in [5, 5.41) is 10.9. The summed E-state index contributed by atoms with van der Waals surface area (Å²) in [4.78, 5) is 1.99. The summed E-state index contributed by atoms with van der Waals surface area (Å²) < 4.78 is 40.6. The highest BCUT2D eigenvalue weighted by atomic mass is 35.5. The van der Waals surface area contributed by atoms with E-state index in [2.05, 4.69) is 34.5 Å². The Balaban J connectivity index is 1.28. The molecule has 168 valence electrons. The van der Waals surface area contributed by atoms with Crippen molar-refractivity contribution in [3.63, 3.8) is 0 Å². The molecule has 0 saturated carbocycles. The maximum atomic E-state index is 13.4. The Morgan fingerprint density at radius 1 is 0.818 bits per heavy atom. The predicted octanol–water partition coefficient (Wildman–Crippen LogP) is 4.60. The Hall–Kier alpha value is -3.07. The van der Waals surface area contributed by atoms with Crippen LogP contribution in [0.3, 0.4) is 0 Å². The second kappa shape index (κ2) is 8.70. The fraction of sp³-hybridized carbons (Fsp3) is 0.167. The summed E-state index contributed by atoms with van der Waals surface area (Å²) in [6.07, 6.45) is 0. The van der Waals surface area contributed by atoms with Crippen molar-refractivity contribution < 1.29 is 12.8 Å². The fourth-order valence-electron chi connectivity index (χ4n) is 3.94.